The Labute approximate surface area is 109 Å². The maximum absolute atomic E-state index is 12.1. The quantitative estimate of drug-likeness (QED) is 0.827. The summed E-state index contributed by atoms with van der Waals surface area (Å²) in [5.74, 6) is 0.405. The van der Waals surface area contributed by atoms with Gasteiger partial charge < -0.3 is 11.1 Å². The summed E-state index contributed by atoms with van der Waals surface area (Å²) >= 11 is 5.73. The van der Waals surface area contributed by atoms with Crippen molar-refractivity contribution >= 4 is 28.9 Å². The maximum atomic E-state index is 12.1. The Morgan fingerprint density at radius 3 is 2.67 bits per heavy atom. The number of ketones is 1. The minimum atomic E-state index is -0.278. The van der Waals surface area contributed by atoms with E-state index < -0.39 is 0 Å². The van der Waals surface area contributed by atoms with Crippen molar-refractivity contribution < 1.29 is 4.79 Å². The Morgan fingerprint density at radius 2 is 2.11 bits per heavy atom. The molecule has 5 nitrogen and oxygen atoms in total. The van der Waals surface area contributed by atoms with E-state index in [9.17, 15) is 4.79 Å². The second-order valence-corrected chi connectivity index (χ2v) is 4.04. The van der Waals surface area contributed by atoms with Crippen molar-refractivity contribution in [2.45, 2.75) is 0 Å². The lowest BCUT2D eigenvalue weighted by Crippen LogP contribution is -2.08. The van der Waals surface area contributed by atoms with Gasteiger partial charge in [0.25, 0.3) is 0 Å². The van der Waals surface area contributed by atoms with Crippen LogP contribution in [-0.2, 0) is 0 Å². The minimum absolute atomic E-state index is 0.179. The number of carbonyl (C=O) groups excluding carboxylic acids is 1. The summed E-state index contributed by atoms with van der Waals surface area (Å²) in [6.07, 6.45) is 2.87. The van der Waals surface area contributed by atoms with E-state index >= 15 is 0 Å². The molecule has 0 bridgehead atoms. The number of nitrogens with one attached hydrogen (secondary N) is 1. The summed E-state index contributed by atoms with van der Waals surface area (Å²) in [5, 5.41) is 3.27. The van der Waals surface area contributed by atoms with Crippen LogP contribution in [0.15, 0.2) is 30.6 Å². The molecule has 2 rings (SSSR count). The van der Waals surface area contributed by atoms with E-state index in [1.165, 1.54) is 18.5 Å². The normalized spacial score (nSPS) is 10.1. The van der Waals surface area contributed by atoms with Crippen LogP contribution < -0.4 is 11.1 Å². The highest BCUT2D eigenvalue weighted by Crippen LogP contribution is 2.18. The molecule has 0 atom stereocenters. The number of halogens is 1. The van der Waals surface area contributed by atoms with Gasteiger partial charge in [0.05, 0.1) is 10.7 Å². The molecule has 2 aromatic rings. The smallest absolute Gasteiger partial charge is 0.215 e. The van der Waals surface area contributed by atoms with Crippen LogP contribution in [0.25, 0.3) is 0 Å². The third kappa shape index (κ3) is 2.41. The molecule has 0 aliphatic rings. The van der Waals surface area contributed by atoms with E-state index in [1.807, 2.05) is 0 Å². The Bertz CT molecular complexity index is 583. The van der Waals surface area contributed by atoms with Crippen molar-refractivity contribution in [3.63, 3.8) is 0 Å². The van der Waals surface area contributed by atoms with E-state index in [2.05, 4.69) is 15.3 Å². The Morgan fingerprint density at radius 1 is 1.33 bits per heavy atom. The first-order chi connectivity index (χ1) is 8.61. The molecule has 0 saturated heterocycles. The van der Waals surface area contributed by atoms with Gasteiger partial charge in [-0.3, -0.25) is 4.79 Å². The lowest BCUT2D eigenvalue weighted by atomic mass is 10.1. The van der Waals surface area contributed by atoms with Crippen molar-refractivity contribution in [2.24, 2.45) is 0 Å². The first kappa shape index (κ1) is 12.3. The van der Waals surface area contributed by atoms with Crippen LogP contribution in [0.2, 0.25) is 5.02 Å². The summed E-state index contributed by atoms with van der Waals surface area (Å²) in [7, 11) is 1.75. The van der Waals surface area contributed by atoms with E-state index in [4.69, 9.17) is 17.3 Å². The number of hydrogen-bond acceptors (Lipinski definition) is 5. The molecule has 92 valence electrons. The van der Waals surface area contributed by atoms with Gasteiger partial charge in [-0.25, -0.2) is 9.97 Å². The molecule has 0 aliphatic carbocycles. The Kier molecular flexibility index (Phi) is 3.43. The van der Waals surface area contributed by atoms with Crippen LogP contribution in [0.4, 0.5) is 11.5 Å². The first-order valence-electron chi connectivity index (χ1n) is 5.21. The van der Waals surface area contributed by atoms with Gasteiger partial charge in [0.2, 0.25) is 5.78 Å². The summed E-state index contributed by atoms with van der Waals surface area (Å²) in [5.41, 5.74) is 6.58. The predicted octanol–water partition coefficient (Wildman–Crippen LogP) is 1.98. The molecule has 3 N–H and O–H groups in total. The number of hydrogen-bond donors (Lipinski definition) is 2. The average molecular weight is 263 g/mol. The van der Waals surface area contributed by atoms with Gasteiger partial charge in [0.15, 0.2) is 0 Å². The largest absolute Gasteiger partial charge is 0.397 e. The van der Waals surface area contributed by atoms with Gasteiger partial charge in [-0.1, -0.05) is 11.6 Å². The number of nitrogens with zero attached hydrogens (tertiary/aromatic N) is 2. The number of rotatable bonds is 3. The molecule has 18 heavy (non-hydrogen) atoms. The molecular formula is C12H11ClN4O. The van der Waals surface area contributed by atoms with Crippen LogP contribution >= 0.6 is 11.6 Å². The fraction of sp³-hybridized carbons (Fsp3) is 0.0833. The monoisotopic (exact) mass is 262 g/mol. The molecule has 0 aliphatic heterocycles. The highest BCUT2D eigenvalue weighted by atomic mass is 35.5. The van der Waals surface area contributed by atoms with Gasteiger partial charge in [0.1, 0.15) is 11.5 Å². The highest BCUT2D eigenvalue weighted by Gasteiger charge is 2.14. The van der Waals surface area contributed by atoms with Crippen molar-refractivity contribution in [1.82, 2.24) is 9.97 Å². The number of aromatic nitrogens is 2. The molecule has 0 aromatic carbocycles. The van der Waals surface area contributed by atoms with Gasteiger partial charge in [-0.05, 0) is 18.2 Å². The number of carbonyl (C=O) groups is 1. The zero-order valence-corrected chi connectivity index (χ0v) is 10.4. The van der Waals surface area contributed by atoms with E-state index in [-0.39, 0.29) is 17.2 Å². The third-order valence-corrected chi connectivity index (χ3v) is 2.59. The van der Waals surface area contributed by atoms with Gasteiger partial charge >= 0.3 is 0 Å². The maximum Gasteiger partial charge on any atom is 0.215 e. The standard InChI is InChI=1S/C12H11ClN4O/c1-15-10-3-2-7(5-16-10)12(18)11-9(14)4-8(13)6-17-11/h2-6H,14H2,1H3,(H,15,16). The number of nitrogens with two attached hydrogens (primary N) is 1. The van der Waals surface area contributed by atoms with Crippen molar-refractivity contribution in [3.8, 4) is 0 Å². The summed E-state index contributed by atoms with van der Waals surface area (Å²) < 4.78 is 0. The minimum Gasteiger partial charge on any atom is -0.397 e. The summed E-state index contributed by atoms with van der Waals surface area (Å²) in [6, 6.07) is 4.87. The van der Waals surface area contributed by atoms with Crippen LogP contribution in [0, 0.1) is 0 Å². The average Bonchev–Trinajstić information content (AvgIpc) is 2.38. The predicted molar refractivity (Wildman–Crippen MR) is 70.9 cm³/mol. The molecule has 0 unspecified atom stereocenters. The fourth-order valence-electron chi connectivity index (χ4n) is 1.46. The molecule has 0 radical (unpaired) electrons. The molecular weight excluding hydrogens is 252 g/mol. The van der Waals surface area contributed by atoms with Gasteiger partial charge in [-0.15, -0.1) is 0 Å². The number of anilines is 2. The van der Waals surface area contributed by atoms with Crippen molar-refractivity contribution in [3.05, 3.63) is 46.9 Å². The van der Waals surface area contributed by atoms with Crippen molar-refractivity contribution in [1.29, 1.82) is 0 Å². The second-order valence-electron chi connectivity index (χ2n) is 3.60. The van der Waals surface area contributed by atoms with Crippen LogP contribution in [0.1, 0.15) is 16.1 Å². The second kappa shape index (κ2) is 5.01. The molecule has 0 amide bonds. The van der Waals surface area contributed by atoms with E-state index in [0.717, 1.165) is 0 Å². The molecule has 0 spiro atoms. The molecule has 6 heteroatoms. The Balaban J connectivity index is 2.35. The molecule has 0 fully saturated rings. The summed E-state index contributed by atoms with van der Waals surface area (Å²) in [4.78, 5) is 20.1. The SMILES string of the molecule is CNc1ccc(C(=O)c2ncc(Cl)cc2N)cn1. The van der Waals surface area contributed by atoms with E-state index in [0.29, 0.717) is 16.4 Å². The number of pyridine rings is 2. The zero-order chi connectivity index (χ0) is 13.1. The van der Waals surface area contributed by atoms with E-state index in [1.54, 1.807) is 19.2 Å². The van der Waals surface area contributed by atoms with Crippen molar-refractivity contribution in [2.75, 3.05) is 18.1 Å². The molecule has 2 heterocycles. The first-order valence-corrected chi connectivity index (χ1v) is 5.59. The third-order valence-electron chi connectivity index (χ3n) is 2.38. The lowest BCUT2D eigenvalue weighted by Gasteiger charge is -2.05. The Hall–Kier alpha value is -2.14. The lowest BCUT2D eigenvalue weighted by molar-refractivity contribution is 0.103. The number of nitrogen functional groups attached to an aromatic ring is 1. The highest BCUT2D eigenvalue weighted by molar-refractivity contribution is 6.31. The van der Waals surface area contributed by atoms with Crippen LogP contribution in [0.3, 0.4) is 0 Å². The van der Waals surface area contributed by atoms with Gasteiger partial charge in [0, 0.05) is 25.0 Å². The van der Waals surface area contributed by atoms with Crippen LogP contribution in [-0.4, -0.2) is 22.8 Å². The topological polar surface area (TPSA) is 80.9 Å². The molecule has 0 saturated carbocycles. The molecule has 2 aromatic heterocycles. The van der Waals surface area contributed by atoms with Crippen LogP contribution in [0.5, 0.6) is 0 Å². The fourth-order valence-corrected chi connectivity index (χ4v) is 1.62. The van der Waals surface area contributed by atoms with Gasteiger partial charge in [-0.2, -0.15) is 0 Å². The zero-order valence-electron chi connectivity index (χ0n) is 9.64. The summed E-state index contributed by atoms with van der Waals surface area (Å²) in [6.45, 7) is 0.